The van der Waals surface area contributed by atoms with Gasteiger partial charge < -0.3 is 29.8 Å². The summed E-state index contributed by atoms with van der Waals surface area (Å²) in [5.41, 5.74) is 7.39. The molecule has 234 valence electrons. The first-order valence-electron chi connectivity index (χ1n) is 14.2. The molecule has 1 fully saturated rings. The number of nitrogen functional groups attached to an aromatic ring is 1. The molecule has 1 saturated heterocycles. The first-order valence-corrected chi connectivity index (χ1v) is 16.1. The monoisotopic (exact) mass is 650 g/mol. The number of hydrogen-bond acceptors (Lipinski definition) is 11. The Morgan fingerprint density at radius 3 is 2.78 bits per heavy atom. The third-order valence-corrected chi connectivity index (χ3v) is 9.14. The van der Waals surface area contributed by atoms with Crippen LogP contribution in [0.3, 0.4) is 0 Å². The highest BCUT2D eigenvalue weighted by molar-refractivity contribution is 7.71. The van der Waals surface area contributed by atoms with E-state index in [2.05, 4.69) is 20.0 Å². The number of rotatable bonds is 11. The molecule has 6 rings (SSSR count). The van der Waals surface area contributed by atoms with E-state index in [1.165, 1.54) is 17.8 Å². The molecule has 0 saturated carbocycles. The van der Waals surface area contributed by atoms with E-state index in [0.717, 1.165) is 10.9 Å². The summed E-state index contributed by atoms with van der Waals surface area (Å²) in [7, 11) is -4.23. The molecule has 3 heterocycles. The van der Waals surface area contributed by atoms with Gasteiger partial charge in [0, 0.05) is 11.8 Å². The predicted octanol–water partition coefficient (Wildman–Crippen LogP) is 4.80. The zero-order chi connectivity index (χ0) is 31.6. The number of fused-ring (bicyclic) bond motifs is 2. The van der Waals surface area contributed by atoms with Gasteiger partial charge in [-0.1, -0.05) is 78.9 Å². The fraction of sp³-hybridized carbons (Fsp3) is 0.267. The Morgan fingerprint density at radius 2 is 1.96 bits per heavy atom. The van der Waals surface area contributed by atoms with Crippen molar-refractivity contribution in [3.8, 4) is 5.75 Å². The average Bonchev–Trinajstić information content (AvgIpc) is 3.62. The van der Waals surface area contributed by atoms with Crippen LogP contribution in [0, 0.1) is 4.64 Å². The minimum Gasteiger partial charge on any atom is -0.460 e. The molecule has 1 aliphatic rings. The van der Waals surface area contributed by atoms with Crippen molar-refractivity contribution in [1.82, 2.24) is 24.6 Å². The molecule has 2 aromatic heterocycles. The van der Waals surface area contributed by atoms with Gasteiger partial charge in [0.25, 0.3) is 0 Å². The zero-order valence-corrected chi connectivity index (χ0v) is 25.8. The second kappa shape index (κ2) is 13.1. The SMILES string of the molecule is C[C@H](NP(=O)(OC[C@@H]1C[C@H](O)[C@H](n2cnc3c(=S)[nH]c(N)nc32)O1)Oc1cccc2ccccc12)C(=O)OCc1ccccc1. The third kappa shape index (κ3) is 6.91. The number of aliphatic hydroxyl groups excluding tert-OH is 1. The molecule has 1 unspecified atom stereocenters. The summed E-state index contributed by atoms with van der Waals surface area (Å²) in [6, 6.07) is 20.9. The molecule has 3 aromatic carbocycles. The summed E-state index contributed by atoms with van der Waals surface area (Å²) < 4.78 is 39.5. The number of ether oxygens (including phenoxy) is 2. The summed E-state index contributed by atoms with van der Waals surface area (Å²) in [6.45, 7) is 1.32. The molecule has 5 N–H and O–H groups in total. The van der Waals surface area contributed by atoms with Crippen LogP contribution >= 0.6 is 20.0 Å². The van der Waals surface area contributed by atoms with Gasteiger partial charge in [-0.3, -0.25) is 13.9 Å². The molecule has 0 spiro atoms. The summed E-state index contributed by atoms with van der Waals surface area (Å²) in [5, 5.41) is 15.2. The number of nitrogens with zero attached hydrogens (tertiary/aromatic N) is 3. The van der Waals surface area contributed by atoms with Crippen LogP contribution in [-0.4, -0.2) is 55.5 Å². The van der Waals surface area contributed by atoms with Crippen LogP contribution < -0.4 is 15.3 Å². The van der Waals surface area contributed by atoms with Gasteiger partial charge in [0.15, 0.2) is 11.9 Å². The van der Waals surface area contributed by atoms with Gasteiger partial charge in [-0.25, -0.2) is 9.55 Å². The second-order valence-corrected chi connectivity index (χ2v) is 12.6. The highest BCUT2D eigenvalue weighted by atomic mass is 32.1. The van der Waals surface area contributed by atoms with Gasteiger partial charge in [-0.2, -0.15) is 10.1 Å². The summed E-state index contributed by atoms with van der Waals surface area (Å²) in [5.74, 6) is -0.256. The van der Waals surface area contributed by atoms with Crippen molar-refractivity contribution < 1.29 is 33.0 Å². The van der Waals surface area contributed by atoms with Crippen LogP contribution in [0.15, 0.2) is 79.1 Å². The van der Waals surface area contributed by atoms with E-state index in [9.17, 15) is 14.5 Å². The van der Waals surface area contributed by atoms with Crippen LogP contribution in [-0.2, 0) is 30.0 Å². The number of aromatic nitrogens is 4. The number of H-pyrrole nitrogens is 1. The van der Waals surface area contributed by atoms with Crippen molar-refractivity contribution in [2.75, 3.05) is 12.3 Å². The van der Waals surface area contributed by atoms with Crippen LogP contribution in [0.25, 0.3) is 21.9 Å². The van der Waals surface area contributed by atoms with Crippen LogP contribution in [0.4, 0.5) is 5.95 Å². The minimum atomic E-state index is -4.23. The molecule has 13 nitrogen and oxygen atoms in total. The van der Waals surface area contributed by atoms with Gasteiger partial charge in [0.05, 0.1) is 19.0 Å². The maximum atomic E-state index is 14.3. The van der Waals surface area contributed by atoms with Crippen molar-refractivity contribution in [3.63, 3.8) is 0 Å². The van der Waals surface area contributed by atoms with Crippen molar-refractivity contribution in [2.24, 2.45) is 0 Å². The Kier molecular flexibility index (Phi) is 8.95. The standard InChI is InChI=1S/C30H31N6O7PS/c1-18(29(38)40-15-19-8-3-2-4-9-19)35-44(39,43-24-13-7-11-20-10-5-6-12-22(20)24)41-16-21-14-23(37)28(42-21)36-17-32-25-26(36)33-30(31)34-27(25)45/h2-13,17-18,21,23,28,37H,14-16H2,1H3,(H,35,39)(H3,31,33,34,45)/t18-,21-,23-,28+,44?/m0/s1. The number of nitrogens with one attached hydrogen (secondary N) is 2. The van der Waals surface area contributed by atoms with E-state index in [4.69, 9.17) is 36.5 Å². The van der Waals surface area contributed by atoms with E-state index in [1.807, 2.05) is 60.7 Å². The van der Waals surface area contributed by atoms with Crippen LogP contribution in [0.1, 0.15) is 25.1 Å². The highest BCUT2D eigenvalue weighted by Crippen LogP contribution is 2.47. The van der Waals surface area contributed by atoms with Gasteiger partial charge in [-0.15, -0.1) is 0 Å². The summed E-state index contributed by atoms with van der Waals surface area (Å²) in [6.07, 6.45) is -0.968. The van der Waals surface area contributed by atoms with Crippen LogP contribution in [0.5, 0.6) is 5.75 Å². The smallest absolute Gasteiger partial charge is 0.459 e. The Hall–Kier alpha value is -4.17. The minimum absolute atomic E-state index is 0.0463. The normalized spacial score (nSPS) is 20.2. The number of benzene rings is 3. The number of nitrogens with two attached hydrogens (primary N) is 1. The Labute approximate surface area is 262 Å². The number of hydrogen-bond donors (Lipinski definition) is 4. The number of imidazole rings is 1. The average molecular weight is 651 g/mol. The molecular weight excluding hydrogens is 619 g/mol. The van der Waals surface area contributed by atoms with Crippen molar-refractivity contribution >= 4 is 53.8 Å². The molecule has 0 amide bonds. The number of aliphatic hydroxyl groups is 1. The van der Waals surface area contributed by atoms with Gasteiger partial charge in [0.2, 0.25) is 5.95 Å². The van der Waals surface area contributed by atoms with Crippen LogP contribution in [0.2, 0.25) is 0 Å². The molecule has 5 atom stereocenters. The van der Waals surface area contributed by atoms with Crippen molar-refractivity contribution in [1.29, 1.82) is 0 Å². The molecule has 45 heavy (non-hydrogen) atoms. The maximum Gasteiger partial charge on any atom is 0.459 e. The number of carbonyl (C=O) groups is 1. The number of esters is 1. The Balaban J connectivity index is 1.19. The second-order valence-electron chi connectivity index (χ2n) is 10.5. The van der Waals surface area contributed by atoms with Gasteiger partial charge >= 0.3 is 13.7 Å². The summed E-state index contributed by atoms with van der Waals surface area (Å²) >= 11 is 5.28. The lowest BCUT2D eigenvalue weighted by atomic mass is 10.1. The lowest BCUT2D eigenvalue weighted by Crippen LogP contribution is -2.35. The molecule has 5 aromatic rings. The Morgan fingerprint density at radius 1 is 1.20 bits per heavy atom. The van der Waals surface area contributed by atoms with E-state index in [0.29, 0.717) is 26.9 Å². The van der Waals surface area contributed by atoms with E-state index in [1.54, 1.807) is 12.1 Å². The fourth-order valence-electron chi connectivity index (χ4n) is 5.04. The zero-order valence-electron chi connectivity index (χ0n) is 24.1. The number of aromatic amines is 1. The first-order chi connectivity index (χ1) is 21.7. The molecule has 15 heteroatoms. The van der Waals surface area contributed by atoms with Crippen molar-refractivity contribution in [2.45, 2.75) is 44.4 Å². The van der Waals surface area contributed by atoms with E-state index < -0.39 is 38.2 Å². The highest BCUT2D eigenvalue weighted by Gasteiger charge is 2.39. The first kappa shape index (κ1) is 30.8. The quantitative estimate of drug-likeness (QED) is 0.0874. The Bertz CT molecular complexity index is 1930. The van der Waals surface area contributed by atoms with E-state index >= 15 is 0 Å². The molecule has 1 aliphatic heterocycles. The lowest BCUT2D eigenvalue weighted by molar-refractivity contribution is -0.146. The lowest BCUT2D eigenvalue weighted by Gasteiger charge is -2.24. The van der Waals surface area contributed by atoms with Gasteiger partial charge in [-0.05, 0) is 23.9 Å². The van der Waals surface area contributed by atoms with E-state index in [-0.39, 0.29) is 25.6 Å². The van der Waals surface area contributed by atoms with Gasteiger partial charge in [0.1, 0.15) is 34.7 Å². The molecule has 0 radical (unpaired) electrons. The maximum absolute atomic E-state index is 14.3. The molecular formula is C30H31N6O7PS. The third-order valence-electron chi connectivity index (χ3n) is 7.22. The number of anilines is 1. The number of carbonyl (C=O) groups excluding carboxylic acids is 1. The molecule has 0 aliphatic carbocycles. The summed E-state index contributed by atoms with van der Waals surface area (Å²) in [4.78, 5) is 24.2. The van der Waals surface area contributed by atoms with Crippen molar-refractivity contribution in [3.05, 3.63) is 89.3 Å². The molecule has 0 bridgehead atoms. The predicted molar refractivity (Wildman–Crippen MR) is 169 cm³/mol. The fourth-order valence-corrected chi connectivity index (χ4v) is 6.83. The topological polar surface area (TPSA) is 176 Å². The largest absolute Gasteiger partial charge is 0.460 e.